The first-order valence-electron chi connectivity index (χ1n) is 3.11. The van der Waals surface area contributed by atoms with E-state index in [1.165, 1.54) is 13.2 Å². The Morgan fingerprint density at radius 3 is 2.33 bits per heavy atom. The Kier molecular flexibility index (Phi) is 2.95. The van der Waals surface area contributed by atoms with E-state index < -0.39 is 0 Å². The summed E-state index contributed by atoms with van der Waals surface area (Å²) in [4.78, 5) is 10.4. The molecule has 0 amide bonds. The van der Waals surface area contributed by atoms with Gasteiger partial charge in [-0.2, -0.15) is 0 Å². The lowest BCUT2D eigenvalue weighted by molar-refractivity contribution is 0.413. The van der Waals surface area contributed by atoms with Crippen LogP contribution in [0.2, 0.25) is 10.0 Å². The van der Waals surface area contributed by atoms with E-state index in [-0.39, 0.29) is 16.3 Å². The van der Waals surface area contributed by atoms with Crippen LogP contribution in [0.4, 0.5) is 0 Å². The molecule has 1 radical (unpaired) electrons. The number of benzene rings is 1. The SMILES string of the molecule is COc1c(Cl)ccc(Cl)c1[C]=O. The molecule has 0 aliphatic carbocycles. The van der Waals surface area contributed by atoms with Crippen molar-refractivity contribution < 1.29 is 9.53 Å². The first-order chi connectivity index (χ1) is 5.70. The standard InChI is InChI=1S/C8H5Cl2O2/c1-12-8-5(4-11)6(9)2-3-7(8)10/h2-3H,1H3. The molecule has 0 N–H and O–H groups in total. The Labute approximate surface area is 80.0 Å². The summed E-state index contributed by atoms with van der Waals surface area (Å²) in [5.74, 6) is 0.263. The maximum Gasteiger partial charge on any atom is 0.239 e. The van der Waals surface area contributed by atoms with Crippen LogP contribution in [0.15, 0.2) is 12.1 Å². The van der Waals surface area contributed by atoms with Crippen LogP contribution in [-0.2, 0) is 4.79 Å². The second-order valence-corrected chi connectivity index (χ2v) is 2.85. The van der Waals surface area contributed by atoms with Gasteiger partial charge in [0.25, 0.3) is 0 Å². The average molecular weight is 204 g/mol. The van der Waals surface area contributed by atoms with E-state index in [1.54, 1.807) is 12.4 Å². The van der Waals surface area contributed by atoms with Gasteiger partial charge in [-0.15, -0.1) is 0 Å². The number of carbonyl (C=O) groups excluding carboxylic acids is 1. The summed E-state index contributed by atoms with van der Waals surface area (Å²) in [7, 11) is 1.42. The molecule has 12 heavy (non-hydrogen) atoms. The minimum absolute atomic E-state index is 0.159. The van der Waals surface area contributed by atoms with Crippen LogP contribution in [0.1, 0.15) is 5.56 Å². The van der Waals surface area contributed by atoms with Gasteiger partial charge in [-0.3, -0.25) is 4.79 Å². The van der Waals surface area contributed by atoms with Crippen LogP contribution in [0.5, 0.6) is 5.75 Å². The number of hydrogen-bond donors (Lipinski definition) is 0. The number of hydrogen-bond acceptors (Lipinski definition) is 2. The molecule has 63 valence electrons. The minimum atomic E-state index is 0.159. The van der Waals surface area contributed by atoms with Crippen LogP contribution in [0, 0.1) is 0 Å². The average Bonchev–Trinajstić information content (AvgIpc) is 2.08. The summed E-state index contributed by atoms with van der Waals surface area (Å²) in [6.07, 6.45) is 1.66. The van der Waals surface area contributed by atoms with Crippen LogP contribution < -0.4 is 4.74 Å². The van der Waals surface area contributed by atoms with Crippen LogP contribution in [0.3, 0.4) is 0 Å². The maximum atomic E-state index is 10.4. The molecule has 0 bridgehead atoms. The number of ether oxygens (including phenoxy) is 1. The lowest BCUT2D eigenvalue weighted by Crippen LogP contribution is -1.92. The molecule has 0 unspecified atom stereocenters. The highest BCUT2D eigenvalue weighted by Gasteiger charge is 2.11. The Balaban J connectivity index is 3.38. The smallest absolute Gasteiger partial charge is 0.239 e. The van der Waals surface area contributed by atoms with Gasteiger partial charge >= 0.3 is 0 Å². The fourth-order valence-corrected chi connectivity index (χ4v) is 1.25. The van der Waals surface area contributed by atoms with Gasteiger partial charge in [0.1, 0.15) is 5.75 Å². The molecule has 4 heteroatoms. The van der Waals surface area contributed by atoms with E-state index in [0.717, 1.165) is 0 Å². The molecule has 0 aliphatic rings. The molecule has 0 fully saturated rings. The lowest BCUT2D eigenvalue weighted by Gasteiger charge is -2.05. The molecule has 0 aliphatic heterocycles. The van der Waals surface area contributed by atoms with Gasteiger partial charge in [-0.05, 0) is 12.1 Å². The van der Waals surface area contributed by atoms with E-state index in [9.17, 15) is 4.79 Å². The topological polar surface area (TPSA) is 26.3 Å². The van der Waals surface area contributed by atoms with Gasteiger partial charge in [-0.1, -0.05) is 23.2 Å². The van der Waals surface area contributed by atoms with Gasteiger partial charge in [0, 0.05) is 0 Å². The molecule has 1 aromatic carbocycles. The highest BCUT2D eigenvalue weighted by molar-refractivity contribution is 6.36. The van der Waals surface area contributed by atoms with Crippen LogP contribution in [-0.4, -0.2) is 13.4 Å². The fourth-order valence-electron chi connectivity index (χ4n) is 0.828. The molecule has 0 atom stereocenters. The summed E-state index contributed by atoms with van der Waals surface area (Å²) in [5, 5.41) is 0.631. The third-order valence-electron chi connectivity index (χ3n) is 1.36. The van der Waals surface area contributed by atoms with Crippen LogP contribution >= 0.6 is 23.2 Å². The third kappa shape index (κ3) is 1.54. The summed E-state index contributed by atoms with van der Waals surface area (Å²) < 4.78 is 4.87. The first kappa shape index (κ1) is 9.36. The summed E-state index contributed by atoms with van der Waals surface area (Å²) in [6, 6.07) is 3.08. The predicted octanol–water partition coefficient (Wildman–Crippen LogP) is 2.46. The molecule has 0 aromatic heterocycles. The number of rotatable bonds is 2. The normalized spacial score (nSPS) is 9.58. The van der Waals surface area contributed by atoms with Gasteiger partial charge in [-0.25, -0.2) is 0 Å². The molecular weight excluding hydrogens is 199 g/mol. The van der Waals surface area contributed by atoms with Gasteiger partial charge in [0.05, 0.1) is 22.7 Å². The van der Waals surface area contributed by atoms with Crippen molar-refractivity contribution in [3.63, 3.8) is 0 Å². The second kappa shape index (κ2) is 3.78. The van der Waals surface area contributed by atoms with E-state index in [1.807, 2.05) is 0 Å². The summed E-state index contributed by atoms with van der Waals surface area (Å²) >= 11 is 11.4. The zero-order chi connectivity index (χ0) is 9.14. The number of methoxy groups -OCH3 is 1. The van der Waals surface area contributed by atoms with Crippen molar-refractivity contribution in [1.82, 2.24) is 0 Å². The molecule has 2 nitrogen and oxygen atoms in total. The minimum Gasteiger partial charge on any atom is -0.494 e. The van der Waals surface area contributed by atoms with Crippen molar-refractivity contribution >= 4 is 29.5 Å². The van der Waals surface area contributed by atoms with Crippen molar-refractivity contribution in [1.29, 1.82) is 0 Å². The molecule has 0 heterocycles. The number of halogens is 2. The van der Waals surface area contributed by atoms with Gasteiger partial charge in [0.15, 0.2) is 0 Å². The molecule has 1 rings (SSSR count). The Morgan fingerprint density at radius 1 is 1.33 bits per heavy atom. The molecule has 0 spiro atoms. The molecule has 0 saturated carbocycles. The highest BCUT2D eigenvalue weighted by atomic mass is 35.5. The Bertz CT molecular complexity index is 310. The van der Waals surface area contributed by atoms with Crippen molar-refractivity contribution in [3.8, 4) is 5.75 Å². The maximum absolute atomic E-state index is 10.4. The van der Waals surface area contributed by atoms with Gasteiger partial charge < -0.3 is 4.74 Å². The Morgan fingerprint density at radius 2 is 1.92 bits per heavy atom. The summed E-state index contributed by atoms with van der Waals surface area (Å²) in [6.45, 7) is 0. The van der Waals surface area contributed by atoms with Crippen molar-refractivity contribution in [2.24, 2.45) is 0 Å². The highest BCUT2D eigenvalue weighted by Crippen LogP contribution is 2.32. The van der Waals surface area contributed by atoms with E-state index in [0.29, 0.717) is 5.02 Å². The zero-order valence-electron chi connectivity index (χ0n) is 6.23. The quantitative estimate of drug-likeness (QED) is 0.739. The van der Waals surface area contributed by atoms with E-state index in [4.69, 9.17) is 27.9 Å². The van der Waals surface area contributed by atoms with Crippen molar-refractivity contribution in [3.05, 3.63) is 27.7 Å². The third-order valence-corrected chi connectivity index (χ3v) is 1.98. The van der Waals surface area contributed by atoms with E-state index in [2.05, 4.69) is 0 Å². The van der Waals surface area contributed by atoms with Gasteiger partial charge in [0.2, 0.25) is 6.29 Å². The van der Waals surface area contributed by atoms with Crippen molar-refractivity contribution in [2.75, 3.05) is 7.11 Å². The fraction of sp³-hybridized carbons (Fsp3) is 0.125. The first-order valence-corrected chi connectivity index (χ1v) is 3.86. The zero-order valence-corrected chi connectivity index (χ0v) is 7.74. The lowest BCUT2D eigenvalue weighted by atomic mass is 10.2. The molecule has 1 aromatic rings. The molecule has 0 saturated heterocycles. The largest absolute Gasteiger partial charge is 0.494 e. The van der Waals surface area contributed by atoms with E-state index >= 15 is 0 Å². The molecular formula is C8H5Cl2O2. The van der Waals surface area contributed by atoms with Crippen LogP contribution in [0.25, 0.3) is 0 Å². The second-order valence-electron chi connectivity index (χ2n) is 2.04. The van der Waals surface area contributed by atoms with Crippen molar-refractivity contribution in [2.45, 2.75) is 0 Å². The monoisotopic (exact) mass is 203 g/mol. The Hall–Kier alpha value is -0.730. The summed E-state index contributed by atoms with van der Waals surface area (Å²) in [5.41, 5.74) is 0.159. The predicted molar refractivity (Wildman–Crippen MR) is 47.8 cm³/mol.